The van der Waals surface area contributed by atoms with Gasteiger partial charge in [0.2, 0.25) is 0 Å². The van der Waals surface area contributed by atoms with Gasteiger partial charge in [0.05, 0.1) is 5.52 Å². The first-order chi connectivity index (χ1) is 7.93. The van der Waals surface area contributed by atoms with Gasteiger partial charge in [0.1, 0.15) is 5.75 Å². The van der Waals surface area contributed by atoms with Crippen LogP contribution in [0.2, 0.25) is 0 Å². The Morgan fingerprint density at radius 2 is 2.00 bits per heavy atom. The molecule has 0 amide bonds. The monoisotopic (exact) mass is 230 g/mol. The molecule has 3 N–H and O–H groups in total. The van der Waals surface area contributed by atoms with Gasteiger partial charge in [0.25, 0.3) is 0 Å². The summed E-state index contributed by atoms with van der Waals surface area (Å²) >= 11 is 0. The van der Waals surface area contributed by atoms with Crippen LogP contribution in [0.25, 0.3) is 10.9 Å². The van der Waals surface area contributed by atoms with E-state index in [4.69, 9.17) is 5.73 Å². The third-order valence-electron chi connectivity index (χ3n) is 2.90. The van der Waals surface area contributed by atoms with E-state index in [-0.39, 0.29) is 11.2 Å². The first kappa shape index (κ1) is 11.9. The van der Waals surface area contributed by atoms with Crippen LogP contribution >= 0.6 is 0 Å². The lowest BCUT2D eigenvalue weighted by Crippen LogP contribution is -2.17. The van der Waals surface area contributed by atoms with Gasteiger partial charge in [-0.2, -0.15) is 0 Å². The molecule has 0 atom stereocenters. The van der Waals surface area contributed by atoms with E-state index in [1.807, 2.05) is 12.3 Å². The number of pyridine rings is 1. The molecule has 1 aromatic carbocycles. The van der Waals surface area contributed by atoms with Gasteiger partial charge in [-0.15, -0.1) is 0 Å². The number of aromatic hydroxyl groups is 1. The summed E-state index contributed by atoms with van der Waals surface area (Å²) in [6, 6.07) is 5.29. The second kappa shape index (κ2) is 4.00. The molecule has 2 rings (SSSR count). The van der Waals surface area contributed by atoms with Crippen LogP contribution in [0.1, 0.15) is 31.9 Å². The van der Waals surface area contributed by atoms with Crippen LogP contribution in [-0.2, 0) is 12.0 Å². The number of nitrogens with two attached hydrogens (primary N) is 1. The van der Waals surface area contributed by atoms with Crippen molar-refractivity contribution in [1.82, 2.24) is 4.98 Å². The van der Waals surface area contributed by atoms with Crippen molar-refractivity contribution in [2.75, 3.05) is 0 Å². The van der Waals surface area contributed by atoms with Gasteiger partial charge in [-0.1, -0.05) is 20.8 Å². The molecule has 0 fully saturated rings. The number of rotatable bonds is 1. The topological polar surface area (TPSA) is 59.1 Å². The molecule has 0 bridgehead atoms. The summed E-state index contributed by atoms with van der Waals surface area (Å²) < 4.78 is 0. The molecular weight excluding hydrogens is 212 g/mol. The summed E-state index contributed by atoms with van der Waals surface area (Å²) in [5, 5.41) is 10.6. The van der Waals surface area contributed by atoms with Crippen molar-refractivity contribution in [3.63, 3.8) is 0 Å². The molecule has 1 heterocycles. The summed E-state index contributed by atoms with van der Waals surface area (Å²) in [6.45, 7) is 6.96. The predicted molar refractivity (Wildman–Crippen MR) is 70.0 cm³/mol. The highest BCUT2D eigenvalue weighted by Gasteiger charge is 2.21. The smallest absolute Gasteiger partial charge is 0.117 e. The quantitative estimate of drug-likeness (QED) is 0.791. The minimum Gasteiger partial charge on any atom is -0.508 e. The van der Waals surface area contributed by atoms with E-state index in [0.717, 1.165) is 16.5 Å². The highest BCUT2D eigenvalue weighted by molar-refractivity contribution is 5.85. The highest BCUT2D eigenvalue weighted by Crippen LogP contribution is 2.33. The molecule has 0 saturated heterocycles. The standard InChI is InChI=1S/C14H18N2O/c1-14(2,3)13-9(7-15)8-16-12-6-10(17)4-5-11(12)13/h4-6,8,17H,7,15H2,1-3H3. The van der Waals surface area contributed by atoms with Gasteiger partial charge >= 0.3 is 0 Å². The Labute approximate surface area is 101 Å². The number of phenolic OH excluding ortho intramolecular Hbond substituents is 1. The summed E-state index contributed by atoms with van der Waals surface area (Å²) in [5.74, 6) is 0.241. The lowest BCUT2D eigenvalue weighted by molar-refractivity contribution is 0.476. The average molecular weight is 230 g/mol. The third-order valence-corrected chi connectivity index (χ3v) is 2.90. The fourth-order valence-corrected chi connectivity index (χ4v) is 2.26. The molecule has 0 saturated carbocycles. The molecular formula is C14H18N2O. The normalized spacial score (nSPS) is 12.0. The molecule has 90 valence electrons. The molecule has 2 aromatic rings. The zero-order valence-electron chi connectivity index (χ0n) is 10.5. The van der Waals surface area contributed by atoms with Gasteiger partial charge in [-0.25, -0.2) is 0 Å². The minimum absolute atomic E-state index is 0.00681. The van der Waals surface area contributed by atoms with Crippen molar-refractivity contribution >= 4 is 10.9 Å². The number of hydrogen-bond acceptors (Lipinski definition) is 3. The van der Waals surface area contributed by atoms with E-state index in [2.05, 4.69) is 25.8 Å². The van der Waals surface area contributed by atoms with E-state index < -0.39 is 0 Å². The van der Waals surface area contributed by atoms with E-state index in [0.29, 0.717) is 6.54 Å². The molecule has 3 nitrogen and oxygen atoms in total. The fourth-order valence-electron chi connectivity index (χ4n) is 2.26. The molecule has 0 aliphatic heterocycles. The van der Waals surface area contributed by atoms with Crippen molar-refractivity contribution in [1.29, 1.82) is 0 Å². The number of aromatic nitrogens is 1. The van der Waals surface area contributed by atoms with E-state index in [1.54, 1.807) is 12.1 Å². The zero-order chi connectivity index (χ0) is 12.6. The Morgan fingerprint density at radius 3 is 2.59 bits per heavy atom. The summed E-state index contributed by atoms with van der Waals surface area (Å²) in [7, 11) is 0. The van der Waals surface area contributed by atoms with Gasteiger partial charge in [-0.3, -0.25) is 4.98 Å². The lowest BCUT2D eigenvalue weighted by Gasteiger charge is -2.24. The van der Waals surface area contributed by atoms with Crippen LogP contribution in [0.3, 0.4) is 0 Å². The number of fused-ring (bicyclic) bond motifs is 1. The largest absolute Gasteiger partial charge is 0.508 e. The van der Waals surface area contributed by atoms with Crippen molar-refractivity contribution in [2.24, 2.45) is 5.73 Å². The van der Waals surface area contributed by atoms with Crippen LogP contribution < -0.4 is 5.73 Å². The molecule has 0 aliphatic rings. The van der Waals surface area contributed by atoms with Gasteiger partial charge in [-0.05, 0) is 28.7 Å². The van der Waals surface area contributed by atoms with Gasteiger partial charge in [0.15, 0.2) is 0 Å². The first-order valence-corrected chi connectivity index (χ1v) is 5.74. The van der Waals surface area contributed by atoms with Crippen LogP contribution in [-0.4, -0.2) is 10.1 Å². The summed E-state index contributed by atoms with van der Waals surface area (Å²) in [5.41, 5.74) is 8.88. The Bertz CT molecular complexity index is 556. The van der Waals surface area contributed by atoms with Crippen molar-refractivity contribution in [3.05, 3.63) is 35.5 Å². The van der Waals surface area contributed by atoms with E-state index in [9.17, 15) is 5.11 Å². The molecule has 0 aliphatic carbocycles. The second-order valence-corrected chi connectivity index (χ2v) is 5.31. The van der Waals surface area contributed by atoms with Crippen LogP contribution in [0.15, 0.2) is 24.4 Å². The third kappa shape index (κ3) is 2.11. The number of benzene rings is 1. The first-order valence-electron chi connectivity index (χ1n) is 5.74. The Kier molecular flexibility index (Phi) is 2.79. The van der Waals surface area contributed by atoms with E-state index in [1.165, 1.54) is 5.56 Å². The Morgan fingerprint density at radius 1 is 1.29 bits per heavy atom. The maximum Gasteiger partial charge on any atom is 0.117 e. The lowest BCUT2D eigenvalue weighted by atomic mass is 9.82. The SMILES string of the molecule is CC(C)(C)c1c(CN)cnc2cc(O)ccc12. The molecule has 3 heteroatoms. The fraction of sp³-hybridized carbons (Fsp3) is 0.357. The molecule has 0 radical (unpaired) electrons. The van der Waals surface area contributed by atoms with Crippen LogP contribution in [0, 0.1) is 0 Å². The van der Waals surface area contributed by atoms with Gasteiger partial charge < -0.3 is 10.8 Å². The van der Waals surface area contributed by atoms with Crippen LogP contribution in [0.5, 0.6) is 5.75 Å². The Balaban J connectivity index is 2.84. The Hall–Kier alpha value is -1.61. The van der Waals surface area contributed by atoms with Crippen LogP contribution in [0.4, 0.5) is 0 Å². The van der Waals surface area contributed by atoms with Gasteiger partial charge in [0, 0.05) is 24.2 Å². The van der Waals surface area contributed by atoms with E-state index >= 15 is 0 Å². The maximum absolute atomic E-state index is 9.49. The predicted octanol–water partition coefficient (Wildman–Crippen LogP) is 2.70. The van der Waals surface area contributed by atoms with Crippen molar-refractivity contribution in [2.45, 2.75) is 32.7 Å². The number of nitrogens with zero attached hydrogens (tertiary/aromatic N) is 1. The molecule has 0 unspecified atom stereocenters. The highest BCUT2D eigenvalue weighted by atomic mass is 16.3. The average Bonchev–Trinajstić information content (AvgIpc) is 2.25. The molecule has 1 aromatic heterocycles. The molecule has 0 spiro atoms. The summed E-state index contributed by atoms with van der Waals surface area (Å²) in [6.07, 6.45) is 1.81. The number of hydrogen-bond donors (Lipinski definition) is 2. The molecule has 17 heavy (non-hydrogen) atoms. The maximum atomic E-state index is 9.49. The zero-order valence-corrected chi connectivity index (χ0v) is 10.5. The van der Waals surface area contributed by atoms with Crippen molar-refractivity contribution < 1.29 is 5.11 Å². The van der Waals surface area contributed by atoms with Crippen molar-refractivity contribution in [3.8, 4) is 5.75 Å². The number of phenols is 1. The second-order valence-electron chi connectivity index (χ2n) is 5.31. The minimum atomic E-state index is 0.00681. The summed E-state index contributed by atoms with van der Waals surface area (Å²) in [4.78, 5) is 4.35.